The summed E-state index contributed by atoms with van der Waals surface area (Å²) >= 11 is 0. The second-order valence-electron chi connectivity index (χ2n) is 7.73. The Morgan fingerprint density at radius 2 is 1.59 bits per heavy atom. The van der Waals surface area contributed by atoms with E-state index in [0.29, 0.717) is 19.0 Å². The maximum atomic E-state index is 12.5. The van der Waals surface area contributed by atoms with E-state index in [1.807, 2.05) is 39.1 Å². The first kappa shape index (κ1) is 21.0. The smallest absolute Gasteiger partial charge is 0.275 e. The Labute approximate surface area is 161 Å². The van der Waals surface area contributed by atoms with Gasteiger partial charge in [0.15, 0.2) is 24.6 Å². The van der Waals surface area contributed by atoms with Crippen molar-refractivity contribution >= 4 is 11.8 Å². The number of likely N-dealkylation sites (N-methyl/N-ethyl adjacent to an activating group) is 1. The summed E-state index contributed by atoms with van der Waals surface area (Å²) in [5, 5.41) is 5.94. The lowest BCUT2D eigenvalue weighted by Gasteiger charge is -2.26. The second kappa shape index (κ2) is 9.60. The van der Waals surface area contributed by atoms with E-state index in [1.165, 1.54) is 0 Å². The third-order valence-electron chi connectivity index (χ3n) is 4.28. The Balaban J connectivity index is 1.97. The molecule has 2 amide bonds. The number of fused-ring (bicyclic) bond motifs is 1. The van der Waals surface area contributed by atoms with Gasteiger partial charge in [-0.05, 0) is 37.5 Å². The molecule has 1 unspecified atom stereocenters. The minimum absolute atomic E-state index is 0.0532. The summed E-state index contributed by atoms with van der Waals surface area (Å²) in [5.41, 5.74) is 0.984. The van der Waals surface area contributed by atoms with E-state index in [0.717, 1.165) is 16.2 Å². The van der Waals surface area contributed by atoms with Gasteiger partial charge in [0, 0.05) is 6.04 Å². The molecule has 3 N–H and O–H groups in total. The lowest BCUT2D eigenvalue weighted by molar-refractivity contribution is -0.862. The number of benzene rings is 1. The highest BCUT2D eigenvalue weighted by Gasteiger charge is 2.23. The minimum Gasteiger partial charge on any atom is -0.486 e. The molecule has 0 aromatic heterocycles. The molecule has 1 aliphatic rings. The van der Waals surface area contributed by atoms with Crippen LogP contribution in [0.2, 0.25) is 0 Å². The fraction of sp³-hybridized carbons (Fsp3) is 0.600. The molecule has 0 aliphatic carbocycles. The summed E-state index contributed by atoms with van der Waals surface area (Å²) in [4.78, 5) is 25.2. The first-order chi connectivity index (χ1) is 12.8. The topological polar surface area (TPSA) is 81.1 Å². The molecule has 0 saturated heterocycles. The third kappa shape index (κ3) is 6.43. The molecule has 0 saturated carbocycles. The van der Waals surface area contributed by atoms with Crippen molar-refractivity contribution in [1.82, 2.24) is 10.6 Å². The molecular weight excluding hydrogens is 346 g/mol. The van der Waals surface area contributed by atoms with Crippen LogP contribution >= 0.6 is 0 Å². The Bertz CT molecular complexity index is 661. The number of hydrogen-bond acceptors (Lipinski definition) is 4. The van der Waals surface area contributed by atoms with E-state index in [9.17, 15) is 9.59 Å². The van der Waals surface area contributed by atoms with E-state index < -0.39 is 0 Å². The summed E-state index contributed by atoms with van der Waals surface area (Å²) in [6, 6.07) is 5.75. The molecule has 27 heavy (non-hydrogen) atoms. The van der Waals surface area contributed by atoms with Gasteiger partial charge >= 0.3 is 0 Å². The zero-order valence-electron chi connectivity index (χ0n) is 16.9. The van der Waals surface area contributed by atoms with Crippen LogP contribution in [0.3, 0.4) is 0 Å². The van der Waals surface area contributed by atoms with E-state index in [1.54, 1.807) is 0 Å². The molecule has 0 radical (unpaired) electrons. The van der Waals surface area contributed by atoms with Gasteiger partial charge in [0.1, 0.15) is 13.2 Å². The van der Waals surface area contributed by atoms with Gasteiger partial charge in [0.25, 0.3) is 11.8 Å². The van der Waals surface area contributed by atoms with Gasteiger partial charge < -0.3 is 25.0 Å². The fourth-order valence-corrected chi connectivity index (χ4v) is 3.10. The Morgan fingerprint density at radius 3 is 2.19 bits per heavy atom. The highest BCUT2D eigenvalue weighted by molar-refractivity contribution is 5.79. The average Bonchev–Trinajstić information content (AvgIpc) is 2.58. The molecule has 0 bridgehead atoms. The lowest BCUT2D eigenvalue weighted by atomic mass is 9.95. The Morgan fingerprint density at radius 1 is 1.00 bits per heavy atom. The van der Waals surface area contributed by atoms with Crippen molar-refractivity contribution in [2.45, 2.75) is 39.8 Å². The van der Waals surface area contributed by atoms with Crippen molar-refractivity contribution in [1.29, 1.82) is 0 Å². The van der Waals surface area contributed by atoms with Crippen molar-refractivity contribution in [2.24, 2.45) is 5.92 Å². The number of carbonyl (C=O) groups is 2. The van der Waals surface area contributed by atoms with Crippen LogP contribution in [0.25, 0.3) is 0 Å². The van der Waals surface area contributed by atoms with Gasteiger partial charge in [0.05, 0.1) is 13.1 Å². The molecule has 2 atom stereocenters. The summed E-state index contributed by atoms with van der Waals surface area (Å²) in [5.74, 6) is 1.52. The molecule has 1 aliphatic heterocycles. The van der Waals surface area contributed by atoms with Crippen molar-refractivity contribution in [3.05, 3.63) is 23.8 Å². The Hall–Kier alpha value is -2.28. The molecule has 2 rings (SSSR count). The summed E-state index contributed by atoms with van der Waals surface area (Å²) in [7, 11) is 1.84. The molecule has 1 aromatic rings. The van der Waals surface area contributed by atoms with Crippen LogP contribution in [-0.4, -0.2) is 51.2 Å². The van der Waals surface area contributed by atoms with Crippen LogP contribution in [0.5, 0.6) is 11.5 Å². The van der Waals surface area contributed by atoms with Crippen molar-refractivity contribution in [3.63, 3.8) is 0 Å². The predicted molar refractivity (Wildman–Crippen MR) is 103 cm³/mol. The molecule has 7 heteroatoms. The van der Waals surface area contributed by atoms with Crippen LogP contribution in [0.15, 0.2) is 18.2 Å². The molecule has 0 spiro atoms. The largest absolute Gasteiger partial charge is 0.486 e. The zero-order chi connectivity index (χ0) is 20.0. The number of ether oxygens (including phenoxy) is 2. The lowest BCUT2D eigenvalue weighted by Crippen LogP contribution is -3.11. The first-order valence-corrected chi connectivity index (χ1v) is 9.55. The minimum atomic E-state index is -0.134. The van der Waals surface area contributed by atoms with Crippen molar-refractivity contribution in [3.8, 4) is 11.5 Å². The summed E-state index contributed by atoms with van der Waals surface area (Å²) in [6.07, 6.45) is 0. The number of quaternary nitrogens is 1. The van der Waals surface area contributed by atoms with Gasteiger partial charge in [-0.2, -0.15) is 0 Å². The number of hydrogen-bond donors (Lipinski definition) is 3. The monoisotopic (exact) mass is 378 g/mol. The number of rotatable bonds is 8. The van der Waals surface area contributed by atoms with E-state index in [2.05, 4.69) is 24.5 Å². The molecule has 1 aromatic carbocycles. The number of amides is 2. The maximum absolute atomic E-state index is 12.5. The molecule has 7 nitrogen and oxygen atoms in total. The number of nitrogens with one attached hydrogen (secondary N) is 3. The Kier molecular flexibility index (Phi) is 7.47. The second-order valence-corrected chi connectivity index (χ2v) is 7.73. The number of carbonyl (C=O) groups excluding carboxylic acids is 2. The van der Waals surface area contributed by atoms with Crippen LogP contribution in [-0.2, 0) is 9.59 Å². The van der Waals surface area contributed by atoms with E-state index >= 15 is 0 Å². The quantitative estimate of drug-likeness (QED) is 0.608. The molecule has 150 valence electrons. The van der Waals surface area contributed by atoms with Gasteiger partial charge in [-0.3, -0.25) is 9.59 Å². The third-order valence-corrected chi connectivity index (χ3v) is 4.28. The SMILES string of the molecule is CC(C)NC(=O)C[NH+](C)CC(=O)N[C@@H](c1ccc2c(c1)OCCO2)C(C)C. The summed E-state index contributed by atoms with van der Waals surface area (Å²) < 4.78 is 11.2. The summed E-state index contributed by atoms with van der Waals surface area (Å²) in [6.45, 7) is 9.54. The standard InChI is InChI=1S/C20H31N3O4/c1-13(2)20(15-6-7-16-17(10-15)27-9-8-26-16)22-19(25)12-23(5)11-18(24)21-14(3)4/h6-7,10,13-14,20H,8-9,11-12H2,1-5H3,(H,21,24)(H,22,25)/p+1/t20-/m1/s1. The fourth-order valence-electron chi connectivity index (χ4n) is 3.10. The van der Waals surface area contributed by atoms with Crippen molar-refractivity contribution < 1.29 is 24.0 Å². The zero-order valence-corrected chi connectivity index (χ0v) is 16.9. The highest BCUT2D eigenvalue weighted by atomic mass is 16.6. The van der Waals surface area contributed by atoms with Crippen LogP contribution in [0.4, 0.5) is 0 Å². The maximum Gasteiger partial charge on any atom is 0.275 e. The predicted octanol–water partition coefficient (Wildman–Crippen LogP) is 0.310. The molecular formula is C20H32N3O4+. The normalized spacial score (nSPS) is 15.4. The van der Waals surface area contributed by atoms with Crippen molar-refractivity contribution in [2.75, 3.05) is 33.4 Å². The van der Waals surface area contributed by atoms with Crippen LogP contribution in [0, 0.1) is 5.92 Å². The van der Waals surface area contributed by atoms with Gasteiger partial charge in [-0.15, -0.1) is 0 Å². The molecule has 0 fully saturated rings. The van der Waals surface area contributed by atoms with Crippen LogP contribution in [0.1, 0.15) is 39.3 Å². The first-order valence-electron chi connectivity index (χ1n) is 9.55. The van der Waals surface area contributed by atoms with Gasteiger partial charge in [-0.25, -0.2) is 0 Å². The highest BCUT2D eigenvalue weighted by Crippen LogP contribution is 2.34. The van der Waals surface area contributed by atoms with Gasteiger partial charge in [-0.1, -0.05) is 19.9 Å². The van der Waals surface area contributed by atoms with Crippen LogP contribution < -0.4 is 25.0 Å². The van der Waals surface area contributed by atoms with E-state index in [4.69, 9.17) is 9.47 Å². The average molecular weight is 378 g/mol. The van der Waals surface area contributed by atoms with E-state index in [-0.39, 0.29) is 42.9 Å². The molecule has 1 heterocycles. The van der Waals surface area contributed by atoms with Gasteiger partial charge in [0.2, 0.25) is 0 Å².